The minimum atomic E-state index is -0.350. The molecule has 0 aromatic rings. The van der Waals surface area contributed by atoms with Crippen LogP contribution in [0.1, 0.15) is 60.8 Å². The predicted octanol–water partition coefficient (Wildman–Crippen LogP) is 3.41. The molecule has 0 saturated heterocycles. The van der Waals surface area contributed by atoms with Gasteiger partial charge in [0.25, 0.3) is 0 Å². The smallest absolute Gasteiger partial charge is 0.106 e. The maximum Gasteiger partial charge on any atom is 0.106 e. The van der Waals surface area contributed by atoms with Crippen LogP contribution < -0.4 is 5.32 Å². The molecule has 1 unspecified atom stereocenters. The van der Waals surface area contributed by atoms with Gasteiger partial charge in [-0.05, 0) is 52.1 Å². The number of rotatable bonds is 8. The summed E-state index contributed by atoms with van der Waals surface area (Å²) in [5, 5.41) is 12.9. The molecule has 0 aliphatic rings. The molecule has 0 aliphatic heterocycles. The highest BCUT2D eigenvalue weighted by Crippen LogP contribution is 2.19. The summed E-state index contributed by atoms with van der Waals surface area (Å²) in [5.41, 5.74) is -0.0151. The lowest BCUT2D eigenvalue weighted by molar-refractivity contribution is 0.215. The molecule has 0 aromatic heterocycles. The SMILES string of the molecule is CCC(C#N)(CCCN(C)CC(C)(C)C)NC(C)C. The fourth-order valence-corrected chi connectivity index (χ4v) is 2.61. The third kappa shape index (κ3) is 8.23. The van der Waals surface area contributed by atoms with Crippen LogP contribution in [-0.4, -0.2) is 36.6 Å². The maximum atomic E-state index is 9.45. The second-order valence-electron chi connectivity index (χ2n) is 7.25. The van der Waals surface area contributed by atoms with E-state index in [0.29, 0.717) is 11.5 Å². The third-order valence-corrected chi connectivity index (χ3v) is 3.27. The van der Waals surface area contributed by atoms with Crippen molar-refractivity contribution in [3.05, 3.63) is 0 Å². The molecule has 0 bridgehead atoms. The molecule has 0 aromatic carbocycles. The van der Waals surface area contributed by atoms with Gasteiger partial charge < -0.3 is 4.90 Å². The summed E-state index contributed by atoms with van der Waals surface area (Å²) in [4.78, 5) is 2.37. The van der Waals surface area contributed by atoms with Crippen molar-refractivity contribution in [1.29, 1.82) is 5.26 Å². The molecule has 0 fully saturated rings. The van der Waals surface area contributed by atoms with Crippen LogP contribution in [0.3, 0.4) is 0 Å². The molecule has 3 heteroatoms. The molecule has 19 heavy (non-hydrogen) atoms. The van der Waals surface area contributed by atoms with Gasteiger partial charge >= 0.3 is 0 Å². The van der Waals surface area contributed by atoms with E-state index in [2.05, 4.69) is 64.9 Å². The van der Waals surface area contributed by atoms with Crippen molar-refractivity contribution in [2.24, 2.45) is 5.41 Å². The van der Waals surface area contributed by atoms with Crippen molar-refractivity contribution < 1.29 is 0 Å². The number of nitrogens with zero attached hydrogens (tertiary/aromatic N) is 2. The molecule has 0 radical (unpaired) electrons. The molecule has 0 heterocycles. The van der Waals surface area contributed by atoms with Gasteiger partial charge in [0, 0.05) is 12.6 Å². The molecule has 1 atom stereocenters. The van der Waals surface area contributed by atoms with Gasteiger partial charge in [-0.2, -0.15) is 5.26 Å². The molecular weight excluding hydrogens is 234 g/mol. The Labute approximate surface area is 120 Å². The zero-order chi connectivity index (χ0) is 15.1. The third-order valence-electron chi connectivity index (χ3n) is 3.27. The number of nitrogens with one attached hydrogen (secondary N) is 1. The second-order valence-corrected chi connectivity index (χ2v) is 7.25. The highest BCUT2D eigenvalue weighted by atomic mass is 15.1. The summed E-state index contributed by atoms with van der Waals surface area (Å²) >= 11 is 0. The fourth-order valence-electron chi connectivity index (χ4n) is 2.61. The normalized spacial score (nSPS) is 15.6. The van der Waals surface area contributed by atoms with Crippen molar-refractivity contribution in [3.63, 3.8) is 0 Å². The average molecular weight is 267 g/mol. The van der Waals surface area contributed by atoms with Crippen LogP contribution in [-0.2, 0) is 0 Å². The summed E-state index contributed by atoms with van der Waals surface area (Å²) in [6.45, 7) is 15.2. The Kier molecular flexibility index (Phi) is 7.62. The molecule has 3 nitrogen and oxygen atoms in total. The Morgan fingerprint density at radius 3 is 2.21 bits per heavy atom. The number of nitriles is 1. The van der Waals surface area contributed by atoms with Crippen molar-refractivity contribution in [2.45, 2.75) is 72.4 Å². The zero-order valence-corrected chi connectivity index (χ0v) is 14.0. The van der Waals surface area contributed by atoms with Crippen LogP contribution in [0.25, 0.3) is 0 Å². The van der Waals surface area contributed by atoms with Crippen molar-refractivity contribution >= 4 is 0 Å². The molecule has 0 aliphatic carbocycles. The number of hydrogen-bond donors (Lipinski definition) is 1. The largest absolute Gasteiger partial charge is 0.306 e. The van der Waals surface area contributed by atoms with Crippen LogP contribution in [0.2, 0.25) is 0 Å². The van der Waals surface area contributed by atoms with E-state index < -0.39 is 0 Å². The molecule has 0 spiro atoms. The van der Waals surface area contributed by atoms with E-state index >= 15 is 0 Å². The summed E-state index contributed by atoms with van der Waals surface area (Å²) in [5.74, 6) is 0. The molecule has 0 saturated carbocycles. The molecule has 0 amide bonds. The standard InChI is InChI=1S/C16H33N3/c1-8-16(12-17,18-14(2)3)10-9-11-19(7)13-15(4,5)6/h14,18H,8-11,13H2,1-7H3. The topological polar surface area (TPSA) is 39.1 Å². The average Bonchev–Trinajstić information content (AvgIpc) is 2.24. The van der Waals surface area contributed by atoms with Crippen molar-refractivity contribution in [3.8, 4) is 6.07 Å². The van der Waals surface area contributed by atoms with Gasteiger partial charge in [-0.3, -0.25) is 5.32 Å². The monoisotopic (exact) mass is 267 g/mol. The van der Waals surface area contributed by atoms with E-state index in [4.69, 9.17) is 0 Å². The zero-order valence-electron chi connectivity index (χ0n) is 14.0. The quantitative estimate of drug-likeness (QED) is 0.732. The first kappa shape index (κ1) is 18.4. The summed E-state index contributed by atoms with van der Waals surface area (Å²) in [6.07, 6.45) is 2.85. The minimum Gasteiger partial charge on any atom is -0.306 e. The fraction of sp³-hybridized carbons (Fsp3) is 0.938. The van der Waals surface area contributed by atoms with E-state index in [0.717, 1.165) is 32.4 Å². The Hall–Kier alpha value is -0.590. The van der Waals surface area contributed by atoms with Crippen LogP contribution >= 0.6 is 0 Å². The highest BCUT2D eigenvalue weighted by Gasteiger charge is 2.28. The van der Waals surface area contributed by atoms with Gasteiger partial charge in [-0.15, -0.1) is 0 Å². The van der Waals surface area contributed by atoms with Gasteiger partial charge in [0.15, 0.2) is 0 Å². The summed E-state index contributed by atoms with van der Waals surface area (Å²) in [6, 6.07) is 2.84. The minimum absolute atomic E-state index is 0.335. The Morgan fingerprint density at radius 1 is 1.26 bits per heavy atom. The van der Waals surface area contributed by atoms with Gasteiger partial charge in [-0.25, -0.2) is 0 Å². The van der Waals surface area contributed by atoms with Gasteiger partial charge in [0.2, 0.25) is 0 Å². The Morgan fingerprint density at radius 2 is 1.84 bits per heavy atom. The second kappa shape index (κ2) is 7.87. The predicted molar refractivity (Wildman–Crippen MR) is 83.1 cm³/mol. The van der Waals surface area contributed by atoms with Gasteiger partial charge in [-0.1, -0.05) is 27.7 Å². The summed E-state index contributed by atoms with van der Waals surface area (Å²) in [7, 11) is 2.17. The van der Waals surface area contributed by atoms with Crippen LogP contribution in [0.4, 0.5) is 0 Å². The lowest BCUT2D eigenvalue weighted by Crippen LogP contribution is -2.47. The van der Waals surface area contributed by atoms with Gasteiger partial charge in [0.1, 0.15) is 5.54 Å². The Balaban J connectivity index is 4.25. The summed E-state index contributed by atoms with van der Waals surface area (Å²) < 4.78 is 0. The first-order chi connectivity index (χ1) is 8.64. The lowest BCUT2D eigenvalue weighted by Gasteiger charge is -2.31. The lowest BCUT2D eigenvalue weighted by atomic mass is 9.90. The van der Waals surface area contributed by atoms with E-state index in [-0.39, 0.29) is 5.54 Å². The van der Waals surface area contributed by atoms with Gasteiger partial charge in [0.05, 0.1) is 6.07 Å². The van der Waals surface area contributed by atoms with Crippen molar-refractivity contribution in [1.82, 2.24) is 10.2 Å². The molecular formula is C16H33N3. The van der Waals surface area contributed by atoms with Crippen LogP contribution in [0.5, 0.6) is 0 Å². The highest BCUT2D eigenvalue weighted by molar-refractivity contribution is 5.06. The van der Waals surface area contributed by atoms with Crippen LogP contribution in [0, 0.1) is 16.7 Å². The first-order valence-electron chi connectivity index (χ1n) is 7.51. The van der Waals surface area contributed by atoms with E-state index in [9.17, 15) is 5.26 Å². The maximum absolute atomic E-state index is 9.45. The molecule has 112 valence electrons. The number of hydrogen-bond acceptors (Lipinski definition) is 3. The van der Waals surface area contributed by atoms with Crippen molar-refractivity contribution in [2.75, 3.05) is 20.1 Å². The van der Waals surface area contributed by atoms with Crippen LogP contribution in [0.15, 0.2) is 0 Å². The first-order valence-corrected chi connectivity index (χ1v) is 7.51. The van der Waals surface area contributed by atoms with E-state index in [1.54, 1.807) is 0 Å². The van der Waals surface area contributed by atoms with E-state index in [1.165, 1.54) is 0 Å². The Bertz CT molecular complexity index is 285. The molecule has 1 N–H and O–H groups in total. The van der Waals surface area contributed by atoms with E-state index in [1.807, 2.05) is 0 Å². The molecule has 0 rings (SSSR count).